The van der Waals surface area contributed by atoms with Gasteiger partial charge in [-0.1, -0.05) is 53.0 Å². The standard InChI is InChI=1S/C13H13BrCl2N2O2S/c1-2-4-11-12(21(16,19)20)13(15)18(17-11)8-9-5-3-6-10(14)7-9/h3,5-7H,2,4,8H2,1H3. The Kier molecular flexibility index (Phi) is 5.35. The maximum atomic E-state index is 11.7. The van der Waals surface area contributed by atoms with Gasteiger partial charge >= 0.3 is 0 Å². The number of rotatable bonds is 5. The molecule has 2 rings (SSSR count). The molecule has 0 bridgehead atoms. The first-order valence-corrected chi connectivity index (χ1v) is 9.75. The van der Waals surface area contributed by atoms with E-state index in [1.54, 1.807) is 0 Å². The van der Waals surface area contributed by atoms with Crippen molar-refractivity contribution < 1.29 is 8.42 Å². The van der Waals surface area contributed by atoms with Crippen LogP contribution in [0.5, 0.6) is 0 Å². The van der Waals surface area contributed by atoms with Crippen molar-refractivity contribution in [2.75, 3.05) is 0 Å². The molecule has 0 radical (unpaired) electrons. The van der Waals surface area contributed by atoms with Gasteiger partial charge in [0.15, 0.2) is 0 Å². The first-order valence-electron chi connectivity index (χ1n) is 6.27. The van der Waals surface area contributed by atoms with Crippen LogP contribution in [0.2, 0.25) is 5.15 Å². The van der Waals surface area contributed by atoms with Crippen LogP contribution in [0.1, 0.15) is 24.6 Å². The van der Waals surface area contributed by atoms with Gasteiger partial charge in [0.25, 0.3) is 9.05 Å². The molecule has 1 heterocycles. The lowest BCUT2D eigenvalue weighted by molar-refractivity contribution is 0.608. The second-order valence-electron chi connectivity index (χ2n) is 4.54. The number of halogens is 3. The van der Waals surface area contributed by atoms with Crippen LogP contribution >= 0.6 is 38.2 Å². The Morgan fingerprint density at radius 2 is 2.10 bits per heavy atom. The molecule has 1 aromatic heterocycles. The van der Waals surface area contributed by atoms with Gasteiger partial charge in [0, 0.05) is 15.2 Å². The maximum Gasteiger partial charge on any atom is 0.266 e. The van der Waals surface area contributed by atoms with Crippen molar-refractivity contribution in [3.05, 3.63) is 45.1 Å². The fourth-order valence-electron chi connectivity index (χ4n) is 2.03. The van der Waals surface area contributed by atoms with Crippen LogP contribution in [0.4, 0.5) is 0 Å². The topological polar surface area (TPSA) is 52.0 Å². The number of benzene rings is 1. The SMILES string of the molecule is CCCc1nn(Cc2cccc(Br)c2)c(Cl)c1S(=O)(=O)Cl. The monoisotopic (exact) mass is 410 g/mol. The molecule has 0 saturated carbocycles. The minimum atomic E-state index is -3.92. The van der Waals surface area contributed by atoms with E-state index >= 15 is 0 Å². The van der Waals surface area contributed by atoms with E-state index < -0.39 is 9.05 Å². The third kappa shape index (κ3) is 4.00. The fraction of sp³-hybridized carbons (Fsp3) is 0.308. The Bertz CT molecular complexity index is 760. The summed E-state index contributed by atoms with van der Waals surface area (Å²) in [5.41, 5.74) is 1.36. The third-order valence-corrected chi connectivity index (χ3v) is 5.24. The predicted octanol–water partition coefficient (Wildman–Crippen LogP) is 4.23. The van der Waals surface area contributed by atoms with Gasteiger partial charge in [-0.2, -0.15) is 5.10 Å². The lowest BCUT2D eigenvalue weighted by atomic mass is 10.2. The summed E-state index contributed by atoms with van der Waals surface area (Å²) in [6.45, 7) is 2.31. The molecular weight excluding hydrogens is 399 g/mol. The Hall–Kier alpha value is -0.560. The van der Waals surface area contributed by atoms with Gasteiger partial charge < -0.3 is 0 Å². The quantitative estimate of drug-likeness (QED) is 0.691. The molecular formula is C13H13BrCl2N2O2S. The molecule has 1 aromatic carbocycles. The summed E-state index contributed by atoms with van der Waals surface area (Å²) >= 11 is 9.56. The van der Waals surface area contributed by atoms with Crippen LogP contribution in [0.3, 0.4) is 0 Å². The second-order valence-corrected chi connectivity index (χ2v) is 8.32. The molecule has 0 fully saturated rings. The molecule has 0 N–H and O–H groups in total. The van der Waals surface area contributed by atoms with Gasteiger partial charge in [-0.25, -0.2) is 13.1 Å². The minimum Gasteiger partial charge on any atom is -0.248 e. The van der Waals surface area contributed by atoms with E-state index in [4.69, 9.17) is 22.3 Å². The van der Waals surface area contributed by atoms with Gasteiger partial charge in [-0.15, -0.1) is 0 Å². The highest BCUT2D eigenvalue weighted by molar-refractivity contribution is 9.10. The van der Waals surface area contributed by atoms with Crippen molar-refractivity contribution in [3.63, 3.8) is 0 Å². The molecule has 0 aliphatic carbocycles. The molecule has 0 aliphatic heterocycles. The van der Waals surface area contributed by atoms with E-state index in [0.29, 0.717) is 18.7 Å². The van der Waals surface area contributed by atoms with E-state index in [2.05, 4.69) is 21.0 Å². The highest BCUT2D eigenvalue weighted by Crippen LogP contribution is 2.30. The van der Waals surface area contributed by atoms with Gasteiger partial charge in [0.05, 0.1) is 12.2 Å². The second kappa shape index (κ2) is 6.69. The predicted molar refractivity (Wildman–Crippen MR) is 87.5 cm³/mol. The van der Waals surface area contributed by atoms with Crippen LogP contribution in [0.15, 0.2) is 33.6 Å². The van der Waals surface area contributed by atoms with Gasteiger partial charge in [-0.05, 0) is 24.1 Å². The molecule has 0 aliphatic rings. The summed E-state index contributed by atoms with van der Waals surface area (Å²) in [4.78, 5) is -0.0809. The van der Waals surface area contributed by atoms with Crippen molar-refractivity contribution in [2.45, 2.75) is 31.2 Å². The summed E-state index contributed by atoms with van der Waals surface area (Å²) in [6.07, 6.45) is 1.26. The van der Waals surface area contributed by atoms with Gasteiger partial charge in [0.1, 0.15) is 10.0 Å². The first kappa shape index (κ1) is 16.8. The highest BCUT2D eigenvalue weighted by atomic mass is 79.9. The molecule has 114 valence electrons. The Morgan fingerprint density at radius 3 is 2.67 bits per heavy atom. The zero-order chi connectivity index (χ0) is 15.6. The molecule has 8 heteroatoms. The number of hydrogen-bond acceptors (Lipinski definition) is 3. The van der Waals surface area contributed by atoms with Crippen molar-refractivity contribution in [3.8, 4) is 0 Å². The molecule has 0 unspecified atom stereocenters. The first-order chi connectivity index (χ1) is 9.82. The summed E-state index contributed by atoms with van der Waals surface area (Å²) < 4.78 is 25.8. The Labute approximate surface area is 141 Å². The number of aryl methyl sites for hydroxylation is 1. The van der Waals surface area contributed by atoms with E-state index in [9.17, 15) is 8.42 Å². The van der Waals surface area contributed by atoms with E-state index in [1.165, 1.54) is 4.68 Å². The largest absolute Gasteiger partial charge is 0.266 e. The summed E-state index contributed by atoms with van der Waals surface area (Å²) in [6, 6.07) is 7.64. The average molecular weight is 412 g/mol. The van der Waals surface area contributed by atoms with Crippen LogP contribution in [-0.4, -0.2) is 18.2 Å². The van der Waals surface area contributed by atoms with Gasteiger partial charge in [-0.3, -0.25) is 0 Å². The summed E-state index contributed by atoms with van der Waals surface area (Å²) in [7, 11) is 1.55. The van der Waals surface area contributed by atoms with E-state index in [-0.39, 0.29) is 10.0 Å². The Morgan fingerprint density at radius 1 is 1.38 bits per heavy atom. The van der Waals surface area contributed by atoms with Crippen LogP contribution in [0.25, 0.3) is 0 Å². The van der Waals surface area contributed by atoms with Crippen LogP contribution in [0, 0.1) is 0 Å². The third-order valence-electron chi connectivity index (χ3n) is 2.87. The number of nitrogens with zero attached hydrogens (tertiary/aromatic N) is 2. The molecule has 2 aromatic rings. The van der Waals surface area contributed by atoms with Crippen molar-refractivity contribution in [1.29, 1.82) is 0 Å². The van der Waals surface area contributed by atoms with Crippen LogP contribution < -0.4 is 0 Å². The fourth-order valence-corrected chi connectivity index (χ4v) is 4.32. The van der Waals surface area contributed by atoms with E-state index in [1.807, 2.05) is 31.2 Å². The lowest BCUT2D eigenvalue weighted by Crippen LogP contribution is -2.02. The van der Waals surface area contributed by atoms with Crippen molar-refractivity contribution >= 4 is 47.3 Å². The van der Waals surface area contributed by atoms with Crippen molar-refractivity contribution in [1.82, 2.24) is 9.78 Å². The molecule has 0 saturated heterocycles. The molecule has 0 atom stereocenters. The minimum absolute atomic E-state index is 0.0495. The average Bonchev–Trinajstić information content (AvgIpc) is 2.66. The highest BCUT2D eigenvalue weighted by Gasteiger charge is 2.25. The number of aromatic nitrogens is 2. The van der Waals surface area contributed by atoms with Gasteiger partial charge in [0.2, 0.25) is 0 Å². The zero-order valence-corrected chi connectivity index (χ0v) is 15.1. The molecule has 0 spiro atoms. The normalized spacial score (nSPS) is 11.8. The molecule has 4 nitrogen and oxygen atoms in total. The van der Waals surface area contributed by atoms with Crippen molar-refractivity contribution in [2.24, 2.45) is 0 Å². The van der Waals surface area contributed by atoms with Crippen LogP contribution in [-0.2, 0) is 22.0 Å². The smallest absolute Gasteiger partial charge is 0.248 e. The van der Waals surface area contributed by atoms with E-state index in [0.717, 1.165) is 16.5 Å². The number of hydrogen-bond donors (Lipinski definition) is 0. The summed E-state index contributed by atoms with van der Waals surface area (Å²) in [5, 5.41) is 4.35. The molecule has 21 heavy (non-hydrogen) atoms. The summed E-state index contributed by atoms with van der Waals surface area (Å²) in [5.74, 6) is 0. The zero-order valence-electron chi connectivity index (χ0n) is 11.2. The maximum absolute atomic E-state index is 11.7. The molecule has 0 amide bonds. The lowest BCUT2D eigenvalue weighted by Gasteiger charge is -2.04. The Balaban J connectivity index is 2.46.